The molecule has 478 valence electrons. The van der Waals surface area contributed by atoms with E-state index in [1.54, 1.807) is 0 Å². The van der Waals surface area contributed by atoms with Crippen molar-refractivity contribution in [1.29, 1.82) is 0 Å². The molecule has 0 amide bonds. The highest BCUT2D eigenvalue weighted by Crippen LogP contribution is 2.48. The van der Waals surface area contributed by atoms with Gasteiger partial charge in [-0.2, -0.15) is 0 Å². The normalized spacial score (nSPS) is 12.6. The third-order valence-electron chi connectivity index (χ3n) is 22.1. The van der Waals surface area contributed by atoms with E-state index in [0.29, 0.717) is 0 Å². The first kappa shape index (κ1) is 54.5. The van der Waals surface area contributed by atoms with Crippen LogP contribution in [0.2, 0.25) is 0 Å². The maximum absolute atomic E-state index is 6.42. The number of furan rings is 3. The Labute approximate surface area is 584 Å². The van der Waals surface area contributed by atoms with Gasteiger partial charge in [0.05, 0.1) is 77.0 Å². The van der Waals surface area contributed by atoms with Crippen LogP contribution in [0, 0.1) is 0 Å². The van der Waals surface area contributed by atoms with Crippen LogP contribution in [0.5, 0.6) is 0 Å². The Balaban J connectivity index is 0.0000000909. The summed E-state index contributed by atoms with van der Waals surface area (Å²) in [5.41, 5.74) is 25.6. The van der Waals surface area contributed by atoms with Gasteiger partial charge in [0.1, 0.15) is 50.0 Å². The average molecular weight is 1330 g/mol. The van der Waals surface area contributed by atoms with E-state index in [9.17, 15) is 0 Å². The van der Waals surface area contributed by atoms with E-state index in [-0.39, 0.29) is 0 Å². The van der Waals surface area contributed by atoms with Gasteiger partial charge in [-0.3, -0.25) is 13.2 Å². The molecule has 12 heterocycles. The molecule has 12 aromatic heterocycles. The van der Waals surface area contributed by atoms with Gasteiger partial charge in [-0.1, -0.05) is 200 Å². The molecule has 0 saturated heterocycles. The molecule has 0 unspecified atom stereocenters. The minimum atomic E-state index is 0.879. The van der Waals surface area contributed by atoms with Crippen molar-refractivity contribution in [2.24, 2.45) is 0 Å². The molecule has 27 rings (SSSR count). The maximum atomic E-state index is 6.42. The van der Waals surface area contributed by atoms with Crippen LogP contribution in [-0.4, -0.2) is 43.1 Å². The second-order valence-corrected chi connectivity index (χ2v) is 27.5. The number of nitrogens with zero attached hydrogens (tertiary/aromatic N) is 9. The summed E-state index contributed by atoms with van der Waals surface area (Å²) in [5.74, 6) is 0. The number of para-hydroxylation sites is 6. The Morgan fingerprint density at radius 1 is 0.212 bits per heavy atom. The first-order valence-corrected chi connectivity index (χ1v) is 35.0. The first-order valence-electron chi connectivity index (χ1n) is 35.0. The summed E-state index contributed by atoms with van der Waals surface area (Å²) in [4.78, 5) is 31.0. The lowest BCUT2D eigenvalue weighted by Gasteiger charge is -2.04. The molecule has 0 saturated carbocycles. The fraction of sp³-hybridized carbons (Fsp3) is 0. The highest BCUT2D eigenvalue weighted by Gasteiger charge is 2.27. The lowest BCUT2D eigenvalue weighted by molar-refractivity contribution is 0.669. The molecule has 12 nitrogen and oxygen atoms in total. The summed E-state index contributed by atoms with van der Waals surface area (Å²) in [6.07, 6.45) is 0. The van der Waals surface area contributed by atoms with Crippen LogP contribution in [0.3, 0.4) is 0 Å². The predicted molar refractivity (Wildman–Crippen MR) is 425 cm³/mol. The third kappa shape index (κ3) is 7.18. The highest BCUT2D eigenvalue weighted by atomic mass is 16.3. The Hall–Kier alpha value is -14.4. The van der Waals surface area contributed by atoms with Gasteiger partial charge in [0.15, 0.2) is 16.9 Å². The zero-order valence-electron chi connectivity index (χ0n) is 54.9. The quantitative estimate of drug-likeness (QED) is 0.116. The minimum absolute atomic E-state index is 0.879. The van der Waals surface area contributed by atoms with Crippen LogP contribution < -0.4 is 0 Å². The second-order valence-electron chi connectivity index (χ2n) is 27.5. The summed E-state index contributed by atoms with van der Waals surface area (Å²) < 4.78 is 25.7. The molecule has 0 spiro atoms. The van der Waals surface area contributed by atoms with Crippen molar-refractivity contribution in [3.05, 3.63) is 285 Å². The summed E-state index contributed by atoms with van der Waals surface area (Å²) >= 11 is 0. The highest BCUT2D eigenvalue weighted by molar-refractivity contribution is 6.32. The molecular weight excluding hydrogens is 1280 g/mol. The fourth-order valence-electron chi connectivity index (χ4n) is 17.6. The van der Waals surface area contributed by atoms with Gasteiger partial charge in [-0.25, -0.2) is 29.9 Å². The molecule has 27 aromatic rings. The van der Waals surface area contributed by atoms with Crippen molar-refractivity contribution in [3.63, 3.8) is 0 Å². The molecule has 0 N–H and O–H groups in total. The van der Waals surface area contributed by atoms with Crippen LogP contribution in [0.25, 0.3) is 247 Å². The zero-order valence-corrected chi connectivity index (χ0v) is 54.9. The molecule has 12 heteroatoms. The van der Waals surface area contributed by atoms with E-state index in [0.717, 1.165) is 187 Å². The van der Waals surface area contributed by atoms with Crippen molar-refractivity contribution in [3.8, 4) is 11.1 Å². The number of rotatable bonds is 1. The van der Waals surface area contributed by atoms with Crippen molar-refractivity contribution < 1.29 is 13.3 Å². The number of aromatic nitrogens is 9. The fourth-order valence-corrected chi connectivity index (χ4v) is 17.6. The predicted octanol–water partition coefficient (Wildman–Crippen LogP) is 24.0. The lowest BCUT2D eigenvalue weighted by Crippen LogP contribution is -1.90. The Morgan fingerprint density at radius 2 is 0.721 bits per heavy atom. The molecule has 0 atom stereocenters. The molecule has 0 aliphatic carbocycles. The topological polar surface area (TPSA) is 130 Å². The molecule has 0 bridgehead atoms. The van der Waals surface area contributed by atoms with Crippen LogP contribution in [0.4, 0.5) is 0 Å². The number of fused-ring (bicyclic) bond motifs is 35. The Morgan fingerprint density at radius 3 is 1.47 bits per heavy atom. The Kier molecular flexibility index (Phi) is 10.4. The monoisotopic (exact) mass is 1330 g/mol. The van der Waals surface area contributed by atoms with E-state index in [2.05, 4.69) is 256 Å². The molecule has 0 aliphatic heterocycles. The van der Waals surface area contributed by atoms with Crippen LogP contribution in [-0.2, 0) is 0 Å². The third-order valence-corrected chi connectivity index (χ3v) is 22.1. The van der Waals surface area contributed by atoms with Crippen molar-refractivity contribution in [2.75, 3.05) is 0 Å². The number of hydrogen-bond donors (Lipinski definition) is 0. The molecular formula is C92H47N9O3. The van der Waals surface area contributed by atoms with Gasteiger partial charge in [0.25, 0.3) is 0 Å². The second kappa shape index (κ2) is 19.8. The largest absolute Gasteiger partial charge is 0.456 e. The molecule has 0 fully saturated rings. The number of benzene rings is 15. The minimum Gasteiger partial charge on any atom is -0.456 e. The van der Waals surface area contributed by atoms with Crippen LogP contribution in [0.1, 0.15) is 0 Å². The van der Waals surface area contributed by atoms with Crippen molar-refractivity contribution >= 4 is 236 Å². The van der Waals surface area contributed by atoms with E-state index < -0.39 is 0 Å². The molecule has 104 heavy (non-hydrogen) atoms. The summed E-state index contributed by atoms with van der Waals surface area (Å²) in [6, 6.07) is 99.2. The maximum Gasteiger partial charge on any atom is 0.165 e. The first-order chi connectivity index (χ1) is 51.5. The van der Waals surface area contributed by atoms with Gasteiger partial charge in [0, 0.05) is 75.4 Å². The smallest absolute Gasteiger partial charge is 0.165 e. The molecule has 0 radical (unpaired) electrons. The summed E-state index contributed by atoms with van der Waals surface area (Å²) in [7, 11) is 0. The molecule has 0 aliphatic rings. The van der Waals surface area contributed by atoms with E-state index >= 15 is 0 Å². The summed E-state index contributed by atoms with van der Waals surface area (Å²) in [5, 5.41) is 21.9. The number of hydrogen-bond acceptors (Lipinski definition) is 9. The average Bonchev–Trinajstić information content (AvgIpc) is 1.53. The van der Waals surface area contributed by atoms with E-state index in [1.165, 1.54) is 59.7 Å². The van der Waals surface area contributed by atoms with Crippen LogP contribution >= 0.6 is 0 Å². The van der Waals surface area contributed by atoms with Crippen molar-refractivity contribution in [2.45, 2.75) is 0 Å². The van der Waals surface area contributed by atoms with Gasteiger partial charge < -0.3 is 13.3 Å². The van der Waals surface area contributed by atoms with E-state index in [1.807, 2.05) is 42.5 Å². The lowest BCUT2D eigenvalue weighted by atomic mass is 10.0. The summed E-state index contributed by atoms with van der Waals surface area (Å²) in [6.45, 7) is 0. The van der Waals surface area contributed by atoms with Crippen LogP contribution in [0.15, 0.2) is 298 Å². The van der Waals surface area contributed by atoms with Gasteiger partial charge in [-0.05, 0) is 112 Å². The standard InChI is InChI=1S/C32H17N3O.2C30H15N3O/c1-2-7-18(8-3-1)19-13-15-24-25(17-19)34-32-29(33-24)23-11-6-10-22-28-26(35(32)30(22)23)16-14-21-20-9-4-5-12-27(20)36-31(21)28;1-2-7-17-13-24-23(12-16(17)6-1)31-28-20-10-5-9-19-21-15-27-22(18-8-3-4-11-26(18)34-27)14-25(21)33(29(19)20)30(28)32-24;1-2-7-17-16(6-1)12-14-22-26(17)32-30-27(31-22)21-10-5-9-18-19-13-15-24-25(29(19)33(30)28(18)21)20-8-3-4-11-23(20)34-24/h1-17H;2*1-15H. The van der Waals surface area contributed by atoms with Gasteiger partial charge >= 0.3 is 0 Å². The Bertz CT molecular complexity index is 8450. The van der Waals surface area contributed by atoms with Crippen molar-refractivity contribution in [1.82, 2.24) is 43.1 Å². The molecule has 15 aromatic carbocycles. The SMILES string of the molecule is c1ccc(-c2ccc3nc4c5cccc6c7c8oc9ccccc9c8ccc7n(c4nc3c2)c56)cc1.c1ccc2c(c1)ccc1nc3c4cccc5c6ccc7oc8ccccc8c7c6n(c3nc12)c54.c1ccc2cc3nc4c(nc3cc2c1)c1cccc2c3cc5oc6ccccc6c5cc3n4c21. The zero-order chi connectivity index (χ0) is 67.3. The van der Waals surface area contributed by atoms with Gasteiger partial charge in [0.2, 0.25) is 0 Å². The van der Waals surface area contributed by atoms with Gasteiger partial charge in [-0.15, -0.1) is 0 Å². The van der Waals surface area contributed by atoms with E-state index in [4.69, 9.17) is 43.2 Å².